The van der Waals surface area contributed by atoms with E-state index in [2.05, 4.69) is 45.3 Å². The first-order valence-corrected chi connectivity index (χ1v) is 15.6. The van der Waals surface area contributed by atoms with Gasteiger partial charge >= 0.3 is 5.97 Å². The number of ether oxygens (including phenoxy) is 3. The van der Waals surface area contributed by atoms with Crippen LogP contribution in [0.15, 0.2) is 87.6 Å². The van der Waals surface area contributed by atoms with Crippen LogP contribution in [0.5, 0.6) is 11.5 Å². The number of esters is 1. The van der Waals surface area contributed by atoms with E-state index in [1.54, 1.807) is 4.68 Å². The fraction of sp³-hybridized carbons (Fsp3) is 0.281. The second kappa shape index (κ2) is 13.5. The van der Waals surface area contributed by atoms with Gasteiger partial charge in [-0.05, 0) is 71.3 Å². The SMILES string of the molecule is CCOc1cc(C2C(C(=O)OCc3ccccc3)=C(C)Nc3nc(SCC)nn32)cc(Br)c1OCc1ccc(C)cc1. The lowest BCUT2D eigenvalue weighted by Gasteiger charge is -2.29. The molecule has 10 heteroatoms. The highest BCUT2D eigenvalue weighted by Gasteiger charge is 2.36. The summed E-state index contributed by atoms with van der Waals surface area (Å²) in [6.07, 6.45) is 0. The molecule has 0 saturated heterocycles. The van der Waals surface area contributed by atoms with Gasteiger partial charge in [0.2, 0.25) is 11.1 Å². The third-order valence-corrected chi connectivity index (χ3v) is 8.00. The van der Waals surface area contributed by atoms with Crippen molar-refractivity contribution in [2.24, 2.45) is 0 Å². The van der Waals surface area contributed by atoms with Gasteiger partial charge in [-0.25, -0.2) is 9.48 Å². The molecule has 0 bridgehead atoms. The third kappa shape index (κ3) is 6.65. The number of hydrogen-bond donors (Lipinski definition) is 1. The normalized spacial score (nSPS) is 14.3. The fourth-order valence-corrected chi connectivity index (χ4v) is 5.81. The molecular weight excluding hydrogens is 616 g/mol. The van der Waals surface area contributed by atoms with E-state index in [9.17, 15) is 4.79 Å². The number of carbonyl (C=O) groups is 1. The summed E-state index contributed by atoms with van der Waals surface area (Å²) >= 11 is 5.26. The molecule has 1 unspecified atom stereocenters. The van der Waals surface area contributed by atoms with Crippen molar-refractivity contribution in [1.29, 1.82) is 0 Å². The van der Waals surface area contributed by atoms with E-state index in [-0.39, 0.29) is 6.61 Å². The lowest BCUT2D eigenvalue weighted by molar-refractivity contribution is -0.140. The van der Waals surface area contributed by atoms with Crippen LogP contribution in [0.3, 0.4) is 0 Å². The molecule has 0 radical (unpaired) electrons. The van der Waals surface area contributed by atoms with Crippen LogP contribution in [-0.2, 0) is 22.7 Å². The Hall–Kier alpha value is -3.76. The number of halogens is 1. The number of nitrogens with one attached hydrogen (secondary N) is 1. The van der Waals surface area contributed by atoms with E-state index < -0.39 is 12.0 Å². The third-order valence-electron chi connectivity index (χ3n) is 6.69. The monoisotopic (exact) mass is 648 g/mol. The topological polar surface area (TPSA) is 87.5 Å². The van der Waals surface area contributed by atoms with Crippen molar-refractivity contribution in [3.63, 3.8) is 0 Å². The molecule has 1 aliphatic heterocycles. The Morgan fingerprint density at radius 3 is 2.45 bits per heavy atom. The first-order valence-electron chi connectivity index (χ1n) is 13.8. The maximum atomic E-state index is 13.7. The quantitative estimate of drug-likeness (QED) is 0.132. The number of carbonyl (C=O) groups excluding carboxylic acids is 1. The lowest BCUT2D eigenvalue weighted by Crippen LogP contribution is -2.29. The van der Waals surface area contributed by atoms with E-state index >= 15 is 0 Å². The number of thioether (sulfide) groups is 1. The highest BCUT2D eigenvalue weighted by Crippen LogP contribution is 2.43. The van der Waals surface area contributed by atoms with Crippen LogP contribution >= 0.6 is 27.7 Å². The molecule has 42 heavy (non-hydrogen) atoms. The number of rotatable bonds is 11. The highest BCUT2D eigenvalue weighted by molar-refractivity contribution is 9.10. The first-order chi connectivity index (χ1) is 20.4. The number of aromatic nitrogens is 3. The maximum absolute atomic E-state index is 13.7. The number of benzene rings is 3. The predicted octanol–water partition coefficient (Wildman–Crippen LogP) is 7.47. The second-order valence-corrected chi connectivity index (χ2v) is 11.8. The molecule has 0 saturated carbocycles. The van der Waals surface area contributed by atoms with Crippen molar-refractivity contribution in [1.82, 2.24) is 14.8 Å². The molecule has 0 amide bonds. The molecular formula is C32H33BrN4O4S. The predicted molar refractivity (Wildman–Crippen MR) is 168 cm³/mol. The van der Waals surface area contributed by atoms with Crippen LogP contribution in [0, 0.1) is 6.92 Å². The van der Waals surface area contributed by atoms with Crippen molar-refractivity contribution < 1.29 is 19.0 Å². The average molecular weight is 650 g/mol. The Morgan fingerprint density at radius 2 is 1.74 bits per heavy atom. The average Bonchev–Trinajstić information content (AvgIpc) is 3.38. The van der Waals surface area contributed by atoms with Crippen molar-refractivity contribution in [2.45, 2.75) is 52.1 Å². The minimum absolute atomic E-state index is 0.157. The zero-order valence-corrected chi connectivity index (χ0v) is 26.4. The van der Waals surface area contributed by atoms with Crippen LogP contribution in [0.2, 0.25) is 0 Å². The molecule has 0 fully saturated rings. The van der Waals surface area contributed by atoms with Crippen molar-refractivity contribution in [3.05, 3.63) is 105 Å². The number of fused-ring (bicyclic) bond motifs is 1. The summed E-state index contributed by atoms with van der Waals surface area (Å²) in [5.41, 5.74) is 5.02. The number of anilines is 1. The zero-order chi connectivity index (χ0) is 29.6. The van der Waals surface area contributed by atoms with E-state index in [1.807, 2.05) is 75.4 Å². The second-order valence-electron chi connectivity index (χ2n) is 9.76. The summed E-state index contributed by atoms with van der Waals surface area (Å²) in [5.74, 6) is 2.09. The van der Waals surface area contributed by atoms with Crippen LogP contribution < -0.4 is 14.8 Å². The van der Waals surface area contributed by atoms with Crippen molar-refractivity contribution in [2.75, 3.05) is 17.7 Å². The Morgan fingerprint density at radius 1 is 1.00 bits per heavy atom. The van der Waals surface area contributed by atoms with Crippen molar-refractivity contribution >= 4 is 39.6 Å². The summed E-state index contributed by atoms with van der Waals surface area (Å²) < 4.78 is 20.6. The minimum atomic E-state index is -0.607. The molecule has 8 nitrogen and oxygen atoms in total. The number of hydrogen-bond acceptors (Lipinski definition) is 8. The Bertz CT molecular complexity index is 1590. The van der Waals surface area contributed by atoms with E-state index in [0.717, 1.165) is 22.4 Å². The van der Waals surface area contributed by atoms with Crippen LogP contribution in [0.25, 0.3) is 0 Å². The molecule has 1 aromatic heterocycles. The van der Waals surface area contributed by atoms with E-state index in [0.29, 0.717) is 51.6 Å². The summed E-state index contributed by atoms with van der Waals surface area (Å²) in [7, 11) is 0. The minimum Gasteiger partial charge on any atom is -0.490 e. The zero-order valence-electron chi connectivity index (χ0n) is 24.0. The number of aryl methyl sites for hydroxylation is 1. The molecule has 1 aliphatic rings. The van der Waals surface area contributed by atoms with Crippen LogP contribution in [-0.4, -0.2) is 33.1 Å². The maximum Gasteiger partial charge on any atom is 0.338 e. The van der Waals surface area contributed by atoms with E-state index in [1.165, 1.54) is 17.3 Å². The van der Waals surface area contributed by atoms with Gasteiger partial charge in [0.05, 0.1) is 16.7 Å². The number of nitrogens with zero attached hydrogens (tertiary/aromatic N) is 3. The molecule has 2 heterocycles. The van der Waals surface area contributed by atoms with Gasteiger partial charge < -0.3 is 19.5 Å². The van der Waals surface area contributed by atoms with Gasteiger partial charge in [-0.2, -0.15) is 4.98 Å². The molecule has 4 aromatic rings. The van der Waals surface area contributed by atoms with Gasteiger partial charge in [0, 0.05) is 5.70 Å². The lowest BCUT2D eigenvalue weighted by atomic mass is 9.95. The summed E-state index contributed by atoms with van der Waals surface area (Å²) in [4.78, 5) is 18.4. The summed E-state index contributed by atoms with van der Waals surface area (Å²) in [6, 6.07) is 21.1. The molecule has 5 rings (SSSR count). The smallest absolute Gasteiger partial charge is 0.338 e. The molecule has 0 aliphatic carbocycles. The standard InChI is InChI=1S/C32H33BrN4O4S/c1-5-39-26-17-24(16-25(33)29(26)40-18-23-14-12-20(3)13-15-23)28-27(30(38)41-19-22-10-8-7-9-11-22)21(4)34-31-35-32(42-6-2)36-37(28)31/h7-17,28H,5-6,18-19H2,1-4H3,(H,34,35,36). The Kier molecular flexibility index (Phi) is 9.54. The summed E-state index contributed by atoms with van der Waals surface area (Å²) in [6.45, 7) is 8.86. The first kappa shape index (κ1) is 29.7. The molecule has 3 aromatic carbocycles. The van der Waals surface area contributed by atoms with Crippen LogP contribution in [0.1, 0.15) is 49.1 Å². The largest absolute Gasteiger partial charge is 0.490 e. The number of allylic oxidation sites excluding steroid dienone is 1. The molecule has 1 N–H and O–H groups in total. The van der Waals surface area contributed by atoms with Gasteiger partial charge in [-0.1, -0.05) is 78.8 Å². The highest BCUT2D eigenvalue weighted by atomic mass is 79.9. The van der Waals surface area contributed by atoms with Crippen molar-refractivity contribution in [3.8, 4) is 11.5 Å². The van der Waals surface area contributed by atoms with Gasteiger partial charge in [-0.3, -0.25) is 0 Å². The molecule has 1 atom stereocenters. The Balaban J connectivity index is 1.52. The van der Waals surface area contributed by atoms with Crippen LogP contribution in [0.4, 0.5) is 5.95 Å². The summed E-state index contributed by atoms with van der Waals surface area (Å²) in [5, 5.41) is 8.66. The van der Waals surface area contributed by atoms with Gasteiger partial charge in [0.15, 0.2) is 11.5 Å². The fourth-order valence-electron chi connectivity index (χ4n) is 4.68. The van der Waals surface area contributed by atoms with Gasteiger partial charge in [0.1, 0.15) is 19.3 Å². The van der Waals surface area contributed by atoms with Gasteiger partial charge in [0.25, 0.3) is 0 Å². The molecule has 218 valence electrons. The van der Waals surface area contributed by atoms with Gasteiger partial charge in [-0.15, -0.1) is 5.10 Å². The Labute approximate surface area is 258 Å². The van der Waals surface area contributed by atoms with E-state index in [4.69, 9.17) is 19.3 Å². The molecule has 0 spiro atoms.